The van der Waals surface area contributed by atoms with Crippen molar-refractivity contribution in [3.8, 4) is 0 Å². The smallest absolute Gasteiger partial charge is 0.142 e. The summed E-state index contributed by atoms with van der Waals surface area (Å²) in [6.07, 6.45) is 1.90. The molecule has 0 amide bonds. The van der Waals surface area contributed by atoms with Crippen LogP contribution in [0, 0.1) is 6.92 Å². The quantitative estimate of drug-likeness (QED) is 0.936. The molecule has 3 rings (SSSR count). The van der Waals surface area contributed by atoms with Gasteiger partial charge < -0.3 is 10.2 Å². The number of rotatable bonds is 3. The maximum atomic E-state index is 4.81. The molecule has 110 valence electrons. The summed E-state index contributed by atoms with van der Waals surface area (Å²) in [6, 6.07) is 9.02. The zero-order valence-corrected chi connectivity index (χ0v) is 13.1. The van der Waals surface area contributed by atoms with Gasteiger partial charge >= 0.3 is 0 Å². The van der Waals surface area contributed by atoms with E-state index < -0.39 is 0 Å². The highest BCUT2D eigenvalue weighted by Gasteiger charge is 2.29. The Morgan fingerprint density at radius 1 is 1.29 bits per heavy atom. The molecule has 1 aliphatic heterocycles. The molecule has 0 saturated heterocycles. The molecule has 0 bridgehead atoms. The lowest BCUT2D eigenvalue weighted by molar-refractivity contribution is 0.742. The van der Waals surface area contributed by atoms with Crippen molar-refractivity contribution in [3.05, 3.63) is 41.2 Å². The van der Waals surface area contributed by atoms with Gasteiger partial charge in [0.2, 0.25) is 0 Å². The average molecular weight is 282 g/mol. The maximum Gasteiger partial charge on any atom is 0.142 e. The van der Waals surface area contributed by atoms with Crippen LogP contribution in [-0.4, -0.2) is 23.1 Å². The fraction of sp³-hybridized carbons (Fsp3) is 0.412. The molecule has 0 spiro atoms. The van der Waals surface area contributed by atoms with E-state index in [1.165, 1.54) is 11.3 Å². The Bertz CT molecular complexity index is 666. The Hall–Kier alpha value is -2.10. The second kappa shape index (κ2) is 5.35. The molecule has 0 aliphatic carbocycles. The van der Waals surface area contributed by atoms with E-state index in [1.807, 2.05) is 7.05 Å². The molecule has 1 N–H and O–H groups in total. The Morgan fingerprint density at radius 3 is 2.76 bits per heavy atom. The van der Waals surface area contributed by atoms with Crippen molar-refractivity contribution in [2.45, 2.75) is 39.7 Å². The van der Waals surface area contributed by atoms with Crippen molar-refractivity contribution in [1.82, 2.24) is 9.97 Å². The van der Waals surface area contributed by atoms with E-state index in [1.54, 1.807) is 0 Å². The predicted octanol–water partition coefficient (Wildman–Crippen LogP) is 3.47. The summed E-state index contributed by atoms with van der Waals surface area (Å²) in [5.74, 6) is 2.84. The highest BCUT2D eigenvalue weighted by Crippen LogP contribution is 2.39. The minimum atomic E-state index is 0.422. The lowest BCUT2D eigenvalue weighted by Gasteiger charge is -2.26. The van der Waals surface area contributed by atoms with Crippen molar-refractivity contribution in [2.24, 2.45) is 0 Å². The topological polar surface area (TPSA) is 41.1 Å². The molecular weight excluding hydrogens is 260 g/mol. The summed E-state index contributed by atoms with van der Waals surface area (Å²) in [4.78, 5) is 11.7. The van der Waals surface area contributed by atoms with Crippen molar-refractivity contribution in [3.63, 3.8) is 0 Å². The summed E-state index contributed by atoms with van der Waals surface area (Å²) in [5, 5.41) is 3.19. The van der Waals surface area contributed by atoms with Crippen molar-refractivity contribution >= 4 is 17.3 Å². The van der Waals surface area contributed by atoms with E-state index >= 15 is 0 Å². The van der Waals surface area contributed by atoms with Gasteiger partial charge in [0.25, 0.3) is 0 Å². The fourth-order valence-electron chi connectivity index (χ4n) is 3.07. The number of aromatic nitrogens is 2. The lowest BCUT2D eigenvalue weighted by Crippen LogP contribution is -2.26. The SMILES string of the molecule is CCc1nc(NC)c(C)c(N2c3ccccc3CC2C)n1. The monoisotopic (exact) mass is 282 g/mol. The normalized spacial score (nSPS) is 17.0. The van der Waals surface area contributed by atoms with E-state index in [2.05, 4.69) is 60.2 Å². The van der Waals surface area contributed by atoms with Gasteiger partial charge in [-0.1, -0.05) is 25.1 Å². The molecule has 0 radical (unpaired) electrons. The van der Waals surface area contributed by atoms with Crippen LogP contribution in [0.1, 0.15) is 30.8 Å². The second-order valence-electron chi connectivity index (χ2n) is 5.59. The minimum absolute atomic E-state index is 0.422. The van der Waals surface area contributed by atoms with Crippen LogP contribution in [-0.2, 0) is 12.8 Å². The van der Waals surface area contributed by atoms with Gasteiger partial charge in [0.1, 0.15) is 17.5 Å². The van der Waals surface area contributed by atoms with Crippen LogP contribution in [0.5, 0.6) is 0 Å². The molecule has 2 heterocycles. The van der Waals surface area contributed by atoms with Crippen molar-refractivity contribution < 1.29 is 0 Å². The van der Waals surface area contributed by atoms with Gasteiger partial charge in [0, 0.05) is 30.8 Å². The molecule has 0 fully saturated rings. The number of fused-ring (bicyclic) bond motifs is 1. The van der Waals surface area contributed by atoms with E-state index in [0.717, 1.165) is 35.9 Å². The first kappa shape index (κ1) is 13.9. The van der Waals surface area contributed by atoms with Gasteiger partial charge in [0.15, 0.2) is 0 Å². The Morgan fingerprint density at radius 2 is 2.05 bits per heavy atom. The van der Waals surface area contributed by atoms with Crippen LogP contribution in [0.25, 0.3) is 0 Å². The van der Waals surface area contributed by atoms with Crippen LogP contribution in [0.2, 0.25) is 0 Å². The van der Waals surface area contributed by atoms with E-state index in [9.17, 15) is 0 Å². The number of nitrogens with zero attached hydrogens (tertiary/aromatic N) is 3. The summed E-state index contributed by atoms with van der Waals surface area (Å²) in [7, 11) is 1.92. The Kier molecular flexibility index (Phi) is 3.53. The van der Waals surface area contributed by atoms with Gasteiger partial charge in [-0.15, -0.1) is 0 Å². The van der Waals surface area contributed by atoms with E-state index in [0.29, 0.717) is 6.04 Å². The Labute approximate surface area is 126 Å². The van der Waals surface area contributed by atoms with E-state index in [-0.39, 0.29) is 0 Å². The van der Waals surface area contributed by atoms with Crippen LogP contribution < -0.4 is 10.2 Å². The largest absolute Gasteiger partial charge is 0.373 e. The molecule has 1 atom stereocenters. The molecule has 1 aromatic heterocycles. The first-order chi connectivity index (χ1) is 10.2. The third kappa shape index (κ3) is 2.24. The number of nitrogens with one attached hydrogen (secondary N) is 1. The van der Waals surface area contributed by atoms with Gasteiger partial charge in [-0.05, 0) is 31.9 Å². The molecule has 1 unspecified atom stereocenters. The second-order valence-corrected chi connectivity index (χ2v) is 5.59. The first-order valence-corrected chi connectivity index (χ1v) is 7.58. The lowest BCUT2D eigenvalue weighted by atomic mass is 10.1. The zero-order chi connectivity index (χ0) is 15.0. The third-order valence-electron chi connectivity index (χ3n) is 4.15. The predicted molar refractivity (Wildman–Crippen MR) is 87.4 cm³/mol. The summed E-state index contributed by atoms with van der Waals surface area (Å²) < 4.78 is 0. The number of hydrogen-bond donors (Lipinski definition) is 1. The molecule has 4 nitrogen and oxygen atoms in total. The summed E-state index contributed by atoms with van der Waals surface area (Å²) in [5.41, 5.74) is 3.78. The van der Waals surface area contributed by atoms with E-state index in [4.69, 9.17) is 4.98 Å². The van der Waals surface area contributed by atoms with Crippen LogP contribution in [0.15, 0.2) is 24.3 Å². The fourth-order valence-corrected chi connectivity index (χ4v) is 3.07. The van der Waals surface area contributed by atoms with Crippen molar-refractivity contribution in [2.75, 3.05) is 17.3 Å². The minimum Gasteiger partial charge on any atom is -0.373 e. The van der Waals surface area contributed by atoms with Gasteiger partial charge in [-0.3, -0.25) is 0 Å². The first-order valence-electron chi connectivity index (χ1n) is 7.58. The molecule has 1 aromatic carbocycles. The van der Waals surface area contributed by atoms with Gasteiger partial charge in [-0.2, -0.15) is 0 Å². The molecule has 21 heavy (non-hydrogen) atoms. The highest BCUT2D eigenvalue weighted by atomic mass is 15.2. The number of hydrogen-bond acceptors (Lipinski definition) is 4. The van der Waals surface area contributed by atoms with Crippen molar-refractivity contribution in [1.29, 1.82) is 0 Å². The zero-order valence-electron chi connectivity index (χ0n) is 13.1. The van der Waals surface area contributed by atoms with Crippen LogP contribution in [0.4, 0.5) is 17.3 Å². The number of para-hydroxylation sites is 1. The molecular formula is C17H22N4. The molecule has 0 saturated carbocycles. The highest BCUT2D eigenvalue weighted by molar-refractivity contribution is 5.73. The van der Waals surface area contributed by atoms with Crippen LogP contribution in [0.3, 0.4) is 0 Å². The van der Waals surface area contributed by atoms with Gasteiger partial charge in [-0.25, -0.2) is 9.97 Å². The number of aryl methyl sites for hydroxylation is 1. The summed E-state index contributed by atoms with van der Waals surface area (Å²) in [6.45, 7) is 6.44. The third-order valence-corrected chi connectivity index (χ3v) is 4.15. The number of anilines is 3. The standard InChI is InChI=1S/C17H22N4/c1-5-15-19-16(18-4)12(3)17(20-15)21-11(2)10-13-8-6-7-9-14(13)21/h6-9,11H,5,10H2,1-4H3,(H,18,19,20). The van der Waals surface area contributed by atoms with Crippen LogP contribution >= 0.6 is 0 Å². The molecule has 2 aromatic rings. The van der Waals surface area contributed by atoms with Gasteiger partial charge in [0.05, 0.1) is 0 Å². The maximum absolute atomic E-state index is 4.81. The number of benzene rings is 1. The molecule has 1 aliphatic rings. The molecule has 4 heteroatoms. The Balaban J connectivity index is 2.16. The average Bonchev–Trinajstić information content (AvgIpc) is 2.83. The summed E-state index contributed by atoms with van der Waals surface area (Å²) >= 11 is 0.